The van der Waals surface area contributed by atoms with Crippen LogP contribution in [0, 0.1) is 0 Å². The molecule has 7 heteroatoms. The Labute approximate surface area is 160 Å². The number of amides is 1. The number of nitrogens with one attached hydrogen (secondary N) is 1. The largest absolute Gasteiger partial charge is 0.350 e. The van der Waals surface area contributed by atoms with Gasteiger partial charge in [-0.3, -0.25) is 9.59 Å². The van der Waals surface area contributed by atoms with Crippen LogP contribution in [-0.4, -0.2) is 20.3 Å². The van der Waals surface area contributed by atoms with Crippen LogP contribution in [0.1, 0.15) is 5.56 Å². The standard InChI is InChI=1S/C20H17ClN4O2/c1-24-17-9-5-3-7-14(17)15-11-23-25(20(27)19(15)24)12-18(26)22-10-13-6-2-4-8-16(13)21/h2-9,11H,10,12H2,1H3,(H,22,26). The summed E-state index contributed by atoms with van der Waals surface area (Å²) in [7, 11) is 1.84. The van der Waals surface area contributed by atoms with Crippen LogP contribution < -0.4 is 10.9 Å². The van der Waals surface area contributed by atoms with Gasteiger partial charge in [-0.25, -0.2) is 4.68 Å². The second kappa shape index (κ2) is 6.89. The molecule has 2 heterocycles. The van der Waals surface area contributed by atoms with Crippen LogP contribution >= 0.6 is 11.6 Å². The van der Waals surface area contributed by atoms with E-state index in [9.17, 15) is 9.59 Å². The van der Waals surface area contributed by atoms with Crippen LogP contribution in [0.3, 0.4) is 0 Å². The summed E-state index contributed by atoms with van der Waals surface area (Å²) in [5.74, 6) is -0.303. The van der Waals surface area contributed by atoms with Crippen molar-refractivity contribution in [1.82, 2.24) is 19.7 Å². The van der Waals surface area contributed by atoms with E-state index in [4.69, 9.17) is 11.6 Å². The van der Waals surface area contributed by atoms with Gasteiger partial charge in [0, 0.05) is 34.9 Å². The van der Waals surface area contributed by atoms with Gasteiger partial charge in [0.15, 0.2) is 0 Å². The van der Waals surface area contributed by atoms with Crippen molar-refractivity contribution in [2.45, 2.75) is 13.1 Å². The zero-order valence-electron chi connectivity index (χ0n) is 14.6. The Morgan fingerprint density at radius 1 is 1.11 bits per heavy atom. The molecule has 1 amide bonds. The van der Waals surface area contributed by atoms with Crippen molar-refractivity contribution in [1.29, 1.82) is 0 Å². The maximum absolute atomic E-state index is 12.9. The van der Waals surface area contributed by atoms with Crippen LogP contribution in [0.4, 0.5) is 0 Å². The minimum Gasteiger partial charge on any atom is -0.350 e. The molecular weight excluding hydrogens is 364 g/mol. The Bertz CT molecular complexity index is 1230. The molecule has 2 aromatic heterocycles. The molecule has 0 aliphatic rings. The minimum atomic E-state index is -0.303. The number of rotatable bonds is 4. The Balaban J connectivity index is 1.61. The fourth-order valence-corrected chi connectivity index (χ4v) is 3.46. The van der Waals surface area contributed by atoms with E-state index in [0.717, 1.165) is 21.9 Å². The third-order valence-corrected chi connectivity index (χ3v) is 5.01. The zero-order valence-corrected chi connectivity index (χ0v) is 15.4. The summed E-state index contributed by atoms with van der Waals surface area (Å²) >= 11 is 6.09. The molecule has 1 N–H and O–H groups in total. The Kier molecular flexibility index (Phi) is 4.41. The number of aromatic nitrogens is 3. The summed E-state index contributed by atoms with van der Waals surface area (Å²) in [6.07, 6.45) is 1.64. The lowest BCUT2D eigenvalue weighted by Gasteiger charge is -2.08. The summed E-state index contributed by atoms with van der Waals surface area (Å²) in [5.41, 5.74) is 2.01. The van der Waals surface area contributed by atoms with Crippen LogP contribution in [-0.2, 0) is 24.9 Å². The molecule has 0 radical (unpaired) electrons. The average Bonchev–Trinajstić information content (AvgIpc) is 2.97. The fourth-order valence-electron chi connectivity index (χ4n) is 3.25. The molecule has 2 aromatic carbocycles. The van der Waals surface area contributed by atoms with Crippen molar-refractivity contribution >= 4 is 39.3 Å². The molecule has 0 spiro atoms. The van der Waals surface area contributed by atoms with Gasteiger partial charge in [0.2, 0.25) is 5.91 Å². The summed E-state index contributed by atoms with van der Waals surface area (Å²) < 4.78 is 3.02. The predicted molar refractivity (Wildman–Crippen MR) is 106 cm³/mol. The molecule has 0 aliphatic carbocycles. The minimum absolute atomic E-state index is 0.152. The van der Waals surface area contributed by atoms with Gasteiger partial charge in [-0.15, -0.1) is 0 Å². The van der Waals surface area contributed by atoms with Gasteiger partial charge in [-0.2, -0.15) is 5.10 Å². The maximum Gasteiger partial charge on any atom is 0.291 e. The topological polar surface area (TPSA) is 68.9 Å². The number of hydrogen-bond acceptors (Lipinski definition) is 3. The number of aryl methyl sites for hydroxylation is 1. The lowest BCUT2D eigenvalue weighted by molar-refractivity contribution is -0.122. The molecule has 0 atom stereocenters. The molecule has 0 saturated heterocycles. The Morgan fingerprint density at radius 2 is 1.85 bits per heavy atom. The maximum atomic E-state index is 12.9. The number of carbonyl (C=O) groups is 1. The molecule has 4 rings (SSSR count). The highest BCUT2D eigenvalue weighted by molar-refractivity contribution is 6.31. The summed E-state index contributed by atoms with van der Waals surface area (Å²) in [6.45, 7) is 0.143. The molecule has 27 heavy (non-hydrogen) atoms. The molecule has 6 nitrogen and oxygen atoms in total. The van der Waals surface area contributed by atoms with E-state index in [1.165, 1.54) is 4.68 Å². The first kappa shape index (κ1) is 17.3. The van der Waals surface area contributed by atoms with Gasteiger partial charge in [0.1, 0.15) is 12.1 Å². The quantitative estimate of drug-likeness (QED) is 0.592. The highest BCUT2D eigenvalue weighted by Crippen LogP contribution is 2.24. The number of nitrogens with zero attached hydrogens (tertiary/aromatic N) is 3. The van der Waals surface area contributed by atoms with Crippen molar-refractivity contribution in [3.05, 3.63) is 75.7 Å². The number of hydrogen-bond donors (Lipinski definition) is 1. The fraction of sp³-hybridized carbons (Fsp3) is 0.150. The van der Waals surface area contributed by atoms with Crippen molar-refractivity contribution < 1.29 is 4.79 Å². The van der Waals surface area contributed by atoms with E-state index in [-0.39, 0.29) is 18.0 Å². The predicted octanol–water partition coefficient (Wildman–Crippen LogP) is 2.86. The lowest BCUT2D eigenvalue weighted by atomic mass is 10.2. The van der Waals surface area contributed by atoms with Crippen molar-refractivity contribution in [2.75, 3.05) is 0 Å². The number of fused-ring (bicyclic) bond motifs is 3. The van der Waals surface area contributed by atoms with Gasteiger partial charge in [-0.1, -0.05) is 48.0 Å². The monoisotopic (exact) mass is 380 g/mol. The van der Waals surface area contributed by atoms with Crippen LogP contribution in [0.2, 0.25) is 5.02 Å². The van der Waals surface area contributed by atoms with Gasteiger partial charge < -0.3 is 9.88 Å². The highest BCUT2D eigenvalue weighted by atomic mass is 35.5. The third kappa shape index (κ3) is 3.08. The second-order valence-corrected chi connectivity index (χ2v) is 6.72. The van der Waals surface area contributed by atoms with Crippen molar-refractivity contribution in [3.63, 3.8) is 0 Å². The van der Waals surface area contributed by atoms with Gasteiger partial charge in [0.05, 0.1) is 6.20 Å². The number of carbonyl (C=O) groups excluding carboxylic acids is 1. The first-order chi connectivity index (χ1) is 13.1. The van der Waals surface area contributed by atoms with E-state index in [0.29, 0.717) is 17.1 Å². The zero-order chi connectivity index (χ0) is 19.0. The third-order valence-electron chi connectivity index (χ3n) is 4.64. The molecule has 0 bridgehead atoms. The van der Waals surface area contributed by atoms with E-state index >= 15 is 0 Å². The Hall–Kier alpha value is -3.12. The van der Waals surface area contributed by atoms with E-state index < -0.39 is 0 Å². The lowest BCUT2D eigenvalue weighted by Crippen LogP contribution is -2.33. The summed E-state index contributed by atoms with van der Waals surface area (Å²) in [4.78, 5) is 25.1. The summed E-state index contributed by atoms with van der Waals surface area (Å²) in [5, 5.41) is 9.30. The van der Waals surface area contributed by atoms with Gasteiger partial charge >= 0.3 is 0 Å². The number of halogens is 1. The van der Waals surface area contributed by atoms with Crippen LogP contribution in [0.25, 0.3) is 21.8 Å². The first-order valence-corrected chi connectivity index (χ1v) is 8.87. The van der Waals surface area contributed by atoms with Crippen LogP contribution in [0.15, 0.2) is 59.5 Å². The summed E-state index contributed by atoms with van der Waals surface area (Å²) in [6, 6.07) is 15.1. The molecule has 0 fully saturated rings. The average molecular weight is 381 g/mol. The molecule has 0 saturated carbocycles. The molecule has 4 aromatic rings. The molecule has 0 aliphatic heterocycles. The number of benzene rings is 2. The van der Waals surface area contributed by atoms with Crippen LogP contribution in [0.5, 0.6) is 0 Å². The second-order valence-electron chi connectivity index (χ2n) is 6.31. The molecular formula is C20H17ClN4O2. The van der Waals surface area contributed by atoms with Gasteiger partial charge in [0.25, 0.3) is 5.56 Å². The van der Waals surface area contributed by atoms with Crippen molar-refractivity contribution in [3.8, 4) is 0 Å². The van der Waals surface area contributed by atoms with Gasteiger partial charge in [-0.05, 0) is 17.7 Å². The number of para-hydroxylation sites is 1. The highest BCUT2D eigenvalue weighted by Gasteiger charge is 2.15. The van der Waals surface area contributed by atoms with E-state index in [1.807, 2.05) is 54.1 Å². The molecule has 136 valence electrons. The molecule has 0 unspecified atom stereocenters. The smallest absolute Gasteiger partial charge is 0.291 e. The van der Waals surface area contributed by atoms with E-state index in [1.54, 1.807) is 12.3 Å². The SMILES string of the molecule is Cn1c2ccccc2c2cnn(CC(=O)NCc3ccccc3Cl)c(=O)c21. The van der Waals surface area contributed by atoms with Crippen molar-refractivity contribution in [2.24, 2.45) is 7.05 Å². The Morgan fingerprint density at radius 3 is 2.67 bits per heavy atom. The normalized spacial score (nSPS) is 11.2. The first-order valence-electron chi connectivity index (χ1n) is 8.49. The van der Waals surface area contributed by atoms with E-state index in [2.05, 4.69) is 10.4 Å².